The molecule has 2 aromatic heterocycles. The smallest absolute Gasteiger partial charge is 0.233 e. The Labute approximate surface area is 208 Å². The lowest BCUT2D eigenvalue weighted by atomic mass is 10.1. The van der Waals surface area contributed by atoms with Crippen molar-refractivity contribution in [3.8, 4) is 11.5 Å². The van der Waals surface area contributed by atoms with Gasteiger partial charge in [0, 0.05) is 17.0 Å². The van der Waals surface area contributed by atoms with Crippen molar-refractivity contribution in [1.82, 2.24) is 9.88 Å². The molecular formula is C26H26FN3O3S2. The van der Waals surface area contributed by atoms with Gasteiger partial charge in [0.2, 0.25) is 26.6 Å². The van der Waals surface area contributed by atoms with Crippen LogP contribution in [0.15, 0.2) is 86.4 Å². The van der Waals surface area contributed by atoms with E-state index in [1.165, 1.54) is 47.7 Å². The van der Waals surface area contributed by atoms with Gasteiger partial charge in [-0.15, -0.1) is 11.3 Å². The second kappa shape index (κ2) is 10.3. The Kier molecular flexibility index (Phi) is 6.99. The minimum atomic E-state index is -3.94. The number of hydrogen-bond acceptors (Lipinski definition) is 7. The molecule has 0 aliphatic carbocycles. The third-order valence-electron chi connectivity index (χ3n) is 6.15. The number of thiophene rings is 1. The molecule has 0 saturated carbocycles. The highest BCUT2D eigenvalue weighted by Gasteiger charge is 2.30. The zero-order valence-electron chi connectivity index (χ0n) is 19.1. The molecule has 1 saturated heterocycles. The first kappa shape index (κ1) is 23.7. The van der Waals surface area contributed by atoms with E-state index in [1.54, 1.807) is 29.5 Å². The van der Waals surface area contributed by atoms with Gasteiger partial charge < -0.3 is 9.73 Å². The quantitative estimate of drug-likeness (QED) is 0.312. The summed E-state index contributed by atoms with van der Waals surface area (Å²) in [6.45, 7) is 2.46. The van der Waals surface area contributed by atoms with Crippen LogP contribution >= 0.6 is 11.3 Å². The van der Waals surface area contributed by atoms with Crippen molar-refractivity contribution in [1.29, 1.82) is 0 Å². The van der Waals surface area contributed by atoms with Crippen LogP contribution in [-0.4, -0.2) is 37.9 Å². The van der Waals surface area contributed by atoms with Crippen LogP contribution in [0.3, 0.4) is 0 Å². The van der Waals surface area contributed by atoms with E-state index in [1.807, 2.05) is 6.07 Å². The summed E-state index contributed by atoms with van der Waals surface area (Å²) >= 11 is 1.69. The van der Waals surface area contributed by atoms with Gasteiger partial charge in [-0.25, -0.2) is 12.8 Å². The summed E-state index contributed by atoms with van der Waals surface area (Å²) in [5.74, 6) is -0.185. The predicted molar refractivity (Wildman–Crippen MR) is 135 cm³/mol. The standard InChI is InChI=1S/C26H26FN3O3S2/c27-20-13-11-19(12-14-20)24-29-26(35(31,32)21-8-3-1-4-9-21)25(33-24)28-18-22(23-10-7-17-34-23)30-15-5-2-6-16-30/h1,3-4,7-14,17,22,28H,2,5-6,15-16,18H2. The van der Waals surface area contributed by atoms with Crippen molar-refractivity contribution in [2.24, 2.45) is 0 Å². The summed E-state index contributed by atoms with van der Waals surface area (Å²) in [4.78, 5) is 8.14. The molecule has 1 fully saturated rings. The molecule has 1 aliphatic rings. The third kappa shape index (κ3) is 5.17. The molecule has 1 unspecified atom stereocenters. The molecule has 9 heteroatoms. The number of halogens is 1. The number of piperidine rings is 1. The Morgan fingerprint density at radius 3 is 2.43 bits per heavy atom. The number of nitrogens with one attached hydrogen (secondary N) is 1. The zero-order valence-corrected chi connectivity index (χ0v) is 20.7. The molecule has 35 heavy (non-hydrogen) atoms. The van der Waals surface area contributed by atoms with E-state index >= 15 is 0 Å². The van der Waals surface area contributed by atoms with Crippen molar-refractivity contribution in [3.05, 3.63) is 82.8 Å². The number of hydrogen-bond donors (Lipinski definition) is 1. The monoisotopic (exact) mass is 511 g/mol. The summed E-state index contributed by atoms with van der Waals surface area (Å²) in [5, 5.41) is 5.14. The summed E-state index contributed by atoms with van der Waals surface area (Å²) in [6, 6.07) is 18.0. The van der Waals surface area contributed by atoms with Crippen LogP contribution < -0.4 is 5.32 Å². The first-order chi connectivity index (χ1) is 17.0. The van der Waals surface area contributed by atoms with Crippen molar-refractivity contribution in [2.75, 3.05) is 25.0 Å². The Morgan fingerprint density at radius 1 is 1.00 bits per heavy atom. The van der Waals surface area contributed by atoms with Crippen LogP contribution in [0.25, 0.3) is 11.5 Å². The van der Waals surface area contributed by atoms with Crippen molar-refractivity contribution in [3.63, 3.8) is 0 Å². The van der Waals surface area contributed by atoms with Crippen LogP contribution in [0.4, 0.5) is 10.3 Å². The first-order valence-corrected chi connectivity index (χ1v) is 14.0. The molecule has 1 aliphatic heterocycles. The fraction of sp³-hybridized carbons (Fsp3) is 0.269. The van der Waals surface area contributed by atoms with E-state index in [0.29, 0.717) is 12.1 Å². The minimum absolute atomic E-state index is 0.0851. The highest BCUT2D eigenvalue weighted by Crippen LogP contribution is 2.34. The molecule has 6 nitrogen and oxygen atoms in total. The van der Waals surface area contributed by atoms with Gasteiger partial charge in [-0.05, 0) is 73.8 Å². The van der Waals surface area contributed by atoms with Crippen molar-refractivity contribution < 1.29 is 17.2 Å². The maximum Gasteiger partial charge on any atom is 0.233 e. The Morgan fingerprint density at radius 2 is 1.74 bits per heavy atom. The fourth-order valence-electron chi connectivity index (χ4n) is 4.34. The number of likely N-dealkylation sites (tertiary alicyclic amines) is 1. The average molecular weight is 512 g/mol. The maximum absolute atomic E-state index is 13.5. The van der Waals surface area contributed by atoms with Gasteiger partial charge in [-0.3, -0.25) is 4.90 Å². The van der Waals surface area contributed by atoms with E-state index in [-0.39, 0.29) is 27.7 Å². The van der Waals surface area contributed by atoms with Crippen LogP contribution in [0.5, 0.6) is 0 Å². The van der Waals surface area contributed by atoms with E-state index < -0.39 is 15.7 Å². The summed E-state index contributed by atoms with van der Waals surface area (Å²) in [5.41, 5.74) is 0.495. The Hall–Kier alpha value is -3.01. The van der Waals surface area contributed by atoms with Crippen LogP contribution in [0.2, 0.25) is 0 Å². The number of rotatable bonds is 8. The van der Waals surface area contributed by atoms with E-state index in [0.717, 1.165) is 25.9 Å². The highest BCUT2D eigenvalue weighted by atomic mass is 32.2. The number of sulfone groups is 1. The molecule has 182 valence electrons. The largest absolute Gasteiger partial charge is 0.419 e. The summed E-state index contributed by atoms with van der Waals surface area (Å²) in [6.07, 6.45) is 3.52. The molecular weight excluding hydrogens is 485 g/mol. The second-order valence-electron chi connectivity index (χ2n) is 8.49. The third-order valence-corrected chi connectivity index (χ3v) is 8.81. The SMILES string of the molecule is O=S(=O)(c1ccccc1)c1nc(-c2ccc(F)cc2)oc1NCC(c1cccs1)N1CCCCC1. The number of benzene rings is 2. The topological polar surface area (TPSA) is 75.4 Å². The van der Waals surface area contributed by atoms with E-state index in [9.17, 15) is 12.8 Å². The molecule has 0 radical (unpaired) electrons. The lowest BCUT2D eigenvalue weighted by Gasteiger charge is -2.34. The molecule has 2 aromatic carbocycles. The lowest BCUT2D eigenvalue weighted by molar-refractivity contribution is 0.172. The average Bonchev–Trinajstić information content (AvgIpc) is 3.57. The van der Waals surface area contributed by atoms with Gasteiger partial charge in [-0.1, -0.05) is 30.7 Å². The molecule has 0 amide bonds. The van der Waals surface area contributed by atoms with Gasteiger partial charge in [-0.2, -0.15) is 4.98 Å². The fourth-order valence-corrected chi connectivity index (χ4v) is 6.50. The highest BCUT2D eigenvalue weighted by molar-refractivity contribution is 7.91. The molecule has 5 rings (SSSR count). The minimum Gasteiger partial charge on any atom is -0.419 e. The van der Waals surface area contributed by atoms with Crippen molar-refractivity contribution >= 4 is 27.1 Å². The second-order valence-corrected chi connectivity index (χ2v) is 11.3. The van der Waals surface area contributed by atoms with Gasteiger partial charge in [0.25, 0.3) is 0 Å². The molecule has 0 bridgehead atoms. The van der Waals surface area contributed by atoms with Gasteiger partial charge >= 0.3 is 0 Å². The summed E-state index contributed by atoms with van der Waals surface area (Å²) < 4.78 is 46.4. The van der Waals surface area contributed by atoms with E-state index in [2.05, 4.69) is 26.6 Å². The van der Waals surface area contributed by atoms with Crippen LogP contribution in [-0.2, 0) is 9.84 Å². The molecule has 1 N–H and O–H groups in total. The summed E-state index contributed by atoms with van der Waals surface area (Å²) in [7, 11) is -3.94. The number of anilines is 1. The zero-order chi connectivity index (χ0) is 24.3. The van der Waals surface area contributed by atoms with Gasteiger partial charge in [0.15, 0.2) is 0 Å². The maximum atomic E-state index is 13.5. The predicted octanol–water partition coefficient (Wildman–Crippen LogP) is 6.01. The van der Waals surface area contributed by atoms with Crippen molar-refractivity contribution in [2.45, 2.75) is 35.2 Å². The van der Waals surface area contributed by atoms with Crippen LogP contribution in [0.1, 0.15) is 30.2 Å². The number of nitrogens with zero attached hydrogens (tertiary/aromatic N) is 2. The number of oxazole rings is 1. The molecule has 4 aromatic rings. The van der Waals surface area contributed by atoms with Gasteiger partial charge in [0.05, 0.1) is 10.9 Å². The lowest BCUT2D eigenvalue weighted by Crippen LogP contribution is -2.36. The normalized spacial score (nSPS) is 15.7. The van der Waals surface area contributed by atoms with Gasteiger partial charge in [0.1, 0.15) is 5.82 Å². The first-order valence-electron chi connectivity index (χ1n) is 11.6. The molecule has 3 heterocycles. The van der Waals surface area contributed by atoms with E-state index in [4.69, 9.17) is 4.42 Å². The molecule has 0 spiro atoms. The Bertz CT molecular complexity index is 1350. The Balaban J connectivity index is 1.50. The van der Waals surface area contributed by atoms with Crippen LogP contribution in [0, 0.1) is 5.82 Å². The molecule has 1 atom stereocenters. The number of aromatic nitrogens is 1.